The van der Waals surface area contributed by atoms with Crippen LogP contribution in [0.25, 0.3) is 0 Å². The van der Waals surface area contributed by atoms with Gasteiger partial charge in [0.15, 0.2) is 0 Å². The predicted octanol–water partition coefficient (Wildman–Crippen LogP) is 2.97. The van der Waals surface area contributed by atoms with Crippen LogP contribution in [0, 0.1) is 0 Å². The lowest BCUT2D eigenvalue weighted by molar-refractivity contribution is -0.114. The minimum atomic E-state index is -0.159. The topological polar surface area (TPSA) is 67.4 Å². The zero-order chi connectivity index (χ0) is 16.7. The maximum Gasteiger partial charge on any atom is 0.251 e. The van der Waals surface area contributed by atoms with Gasteiger partial charge in [-0.05, 0) is 48.9 Å². The Hall–Kier alpha value is -2.82. The van der Waals surface area contributed by atoms with Crippen LogP contribution in [0.1, 0.15) is 29.8 Å². The number of anilines is 1. The van der Waals surface area contributed by atoms with Gasteiger partial charge >= 0.3 is 0 Å². The first-order valence-electron chi connectivity index (χ1n) is 7.46. The molecule has 0 saturated heterocycles. The summed E-state index contributed by atoms with van der Waals surface area (Å²) in [6, 6.07) is 14.4. The second-order valence-corrected chi connectivity index (χ2v) is 5.02. The number of carbonyl (C=O) groups is 2. The van der Waals surface area contributed by atoms with E-state index in [1.807, 2.05) is 31.2 Å². The van der Waals surface area contributed by atoms with Gasteiger partial charge in [-0.2, -0.15) is 0 Å². The minimum Gasteiger partial charge on any atom is -0.494 e. The van der Waals surface area contributed by atoms with Gasteiger partial charge in [0.05, 0.1) is 6.61 Å². The van der Waals surface area contributed by atoms with Crippen molar-refractivity contribution in [3.63, 3.8) is 0 Å². The highest BCUT2D eigenvalue weighted by Crippen LogP contribution is 2.13. The maximum absolute atomic E-state index is 12.1. The zero-order valence-electron chi connectivity index (χ0n) is 13.3. The van der Waals surface area contributed by atoms with Crippen molar-refractivity contribution >= 4 is 17.5 Å². The molecule has 2 aromatic rings. The third kappa shape index (κ3) is 5.14. The molecule has 0 aromatic heterocycles. The maximum atomic E-state index is 12.1. The van der Waals surface area contributed by atoms with Gasteiger partial charge in [-0.25, -0.2) is 0 Å². The third-order valence-corrected chi connectivity index (χ3v) is 3.15. The highest BCUT2D eigenvalue weighted by atomic mass is 16.5. The first-order valence-corrected chi connectivity index (χ1v) is 7.46. The Bertz CT molecular complexity index is 664. The Kier molecular flexibility index (Phi) is 5.74. The Balaban J connectivity index is 1.90. The van der Waals surface area contributed by atoms with Crippen LogP contribution in [-0.4, -0.2) is 18.4 Å². The molecule has 0 radical (unpaired) electrons. The summed E-state index contributed by atoms with van der Waals surface area (Å²) in [6.45, 7) is 4.45. The van der Waals surface area contributed by atoms with Gasteiger partial charge in [-0.1, -0.05) is 12.1 Å². The van der Waals surface area contributed by atoms with Crippen LogP contribution in [0.15, 0.2) is 48.5 Å². The van der Waals surface area contributed by atoms with Crippen molar-refractivity contribution in [1.29, 1.82) is 0 Å². The lowest BCUT2D eigenvalue weighted by Gasteiger charge is -2.08. The van der Waals surface area contributed by atoms with Gasteiger partial charge in [0.25, 0.3) is 5.91 Å². The summed E-state index contributed by atoms with van der Waals surface area (Å²) < 4.78 is 5.38. The smallest absolute Gasteiger partial charge is 0.251 e. The highest BCUT2D eigenvalue weighted by molar-refractivity contribution is 5.95. The van der Waals surface area contributed by atoms with E-state index in [-0.39, 0.29) is 11.8 Å². The van der Waals surface area contributed by atoms with E-state index in [0.29, 0.717) is 24.4 Å². The fourth-order valence-electron chi connectivity index (χ4n) is 2.06. The molecule has 0 aliphatic heterocycles. The van der Waals surface area contributed by atoms with Gasteiger partial charge in [0.1, 0.15) is 5.75 Å². The molecule has 2 amide bonds. The van der Waals surface area contributed by atoms with Crippen molar-refractivity contribution in [3.8, 4) is 5.75 Å². The number of carbonyl (C=O) groups excluding carboxylic acids is 2. The number of rotatable bonds is 6. The number of benzene rings is 2. The number of hydrogen-bond acceptors (Lipinski definition) is 3. The first-order chi connectivity index (χ1) is 11.1. The molecule has 23 heavy (non-hydrogen) atoms. The lowest BCUT2D eigenvalue weighted by atomic mass is 10.1. The van der Waals surface area contributed by atoms with Crippen LogP contribution in [0.4, 0.5) is 5.69 Å². The molecule has 0 bridgehead atoms. The fraction of sp³-hybridized carbons (Fsp3) is 0.222. The van der Waals surface area contributed by atoms with E-state index in [1.165, 1.54) is 6.92 Å². The van der Waals surface area contributed by atoms with E-state index in [1.54, 1.807) is 24.3 Å². The van der Waals surface area contributed by atoms with E-state index >= 15 is 0 Å². The van der Waals surface area contributed by atoms with Crippen molar-refractivity contribution in [3.05, 3.63) is 59.7 Å². The van der Waals surface area contributed by atoms with E-state index < -0.39 is 0 Å². The van der Waals surface area contributed by atoms with Crippen LogP contribution in [-0.2, 0) is 11.3 Å². The zero-order valence-corrected chi connectivity index (χ0v) is 13.3. The average Bonchev–Trinajstić information content (AvgIpc) is 2.54. The summed E-state index contributed by atoms with van der Waals surface area (Å²) in [4.78, 5) is 23.1. The molecule has 0 heterocycles. The fourth-order valence-corrected chi connectivity index (χ4v) is 2.06. The molecule has 0 aliphatic rings. The summed E-state index contributed by atoms with van der Waals surface area (Å²) in [5.41, 5.74) is 2.21. The standard InChI is InChI=1S/C18H20N2O3/c1-3-23-17-10-4-14(5-11-17)12-19-18(22)15-6-8-16(9-7-15)20-13(2)21/h4-11H,3,12H2,1-2H3,(H,19,22)(H,20,21). The molecule has 0 aliphatic carbocycles. The Morgan fingerprint density at radius 2 is 1.65 bits per heavy atom. The Morgan fingerprint density at radius 3 is 2.22 bits per heavy atom. The summed E-state index contributed by atoms with van der Waals surface area (Å²) >= 11 is 0. The molecule has 120 valence electrons. The molecule has 2 rings (SSSR count). The van der Waals surface area contributed by atoms with Crippen LogP contribution in [0.3, 0.4) is 0 Å². The minimum absolute atomic E-state index is 0.141. The second kappa shape index (κ2) is 7.98. The molecule has 0 spiro atoms. The van der Waals surface area contributed by atoms with Crippen molar-refractivity contribution in [2.75, 3.05) is 11.9 Å². The molecule has 0 atom stereocenters. The predicted molar refractivity (Wildman–Crippen MR) is 89.5 cm³/mol. The molecule has 2 aromatic carbocycles. The van der Waals surface area contributed by atoms with Crippen LogP contribution >= 0.6 is 0 Å². The third-order valence-electron chi connectivity index (χ3n) is 3.15. The summed E-state index contributed by atoms with van der Waals surface area (Å²) in [6.07, 6.45) is 0. The molecule has 0 fully saturated rings. The lowest BCUT2D eigenvalue weighted by Crippen LogP contribution is -2.22. The number of ether oxygens (including phenoxy) is 1. The molecular formula is C18H20N2O3. The molecule has 2 N–H and O–H groups in total. The summed E-state index contributed by atoms with van der Waals surface area (Å²) in [7, 11) is 0. The van der Waals surface area contributed by atoms with E-state index in [0.717, 1.165) is 11.3 Å². The molecule has 0 saturated carbocycles. The van der Waals surface area contributed by atoms with Crippen LogP contribution in [0.2, 0.25) is 0 Å². The molecule has 0 unspecified atom stereocenters. The van der Waals surface area contributed by atoms with Crippen molar-refractivity contribution in [2.45, 2.75) is 20.4 Å². The molecule has 5 nitrogen and oxygen atoms in total. The van der Waals surface area contributed by atoms with Crippen LogP contribution in [0.5, 0.6) is 5.75 Å². The van der Waals surface area contributed by atoms with Crippen molar-refractivity contribution in [1.82, 2.24) is 5.32 Å². The Morgan fingerprint density at radius 1 is 1.00 bits per heavy atom. The Labute approximate surface area is 135 Å². The van der Waals surface area contributed by atoms with Gasteiger partial charge in [-0.3, -0.25) is 9.59 Å². The number of nitrogens with one attached hydrogen (secondary N) is 2. The summed E-state index contributed by atoms with van der Waals surface area (Å²) in [5.74, 6) is 0.516. The average molecular weight is 312 g/mol. The van der Waals surface area contributed by atoms with Crippen molar-refractivity contribution in [2.24, 2.45) is 0 Å². The SMILES string of the molecule is CCOc1ccc(CNC(=O)c2ccc(NC(C)=O)cc2)cc1. The van der Waals surface area contributed by atoms with E-state index in [2.05, 4.69) is 10.6 Å². The highest BCUT2D eigenvalue weighted by Gasteiger charge is 2.05. The van der Waals surface area contributed by atoms with E-state index in [9.17, 15) is 9.59 Å². The number of hydrogen-bond donors (Lipinski definition) is 2. The van der Waals surface area contributed by atoms with Gasteiger partial charge in [0.2, 0.25) is 5.91 Å². The second-order valence-electron chi connectivity index (χ2n) is 5.02. The van der Waals surface area contributed by atoms with Crippen molar-refractivity contribution < 1.29 is 14.3 Å². The largest absolute Gasteiger partial charge is 0.494 e. The first kappa shape index (κ1) is 16.5. The van der Waals surface area contributed by atoms with Gasteiger partial charge in [-0.15, -0.1) is 0 Å². The number of amides is 2. The molecular weight excluding hydrogens is 292 g/mol. The summed E-state index contributed by atoms with van der Waals surface area (Å²) in [5, 5.41) is 5.52. The molecule has 5 heteroatoms. The van der Waals surface area contributed by atoms with Crippen LogP contribution < -0.4 is 15.4 Å². The quantitative estimate of drug-likeness (QED) is 0.861. The van der Waals surface area contributed by atoms with Gasteiger partial charge < -0.3 is 15.4 Å². The normalized spacial score (nSPS) is 10.0. The van der Waals surface area contributed by atoms with Gasteiger partial charge in [0, 0.05) is 24.7 Å². The monoisotopic (exact) mass is 312 g/mol. The van der Waals surface area contributed by atoms with E-state index in [4.69, 9.17) is 4.74 Å².